The molecule has 34 heavy (non-hydrogen) atoms. The predicted octanol–water partition coefficient (Wildman–Crippen LogP) is 5.65. The van der Waals surface area contributed by atoms with Gasteiger partial charge < -0.3 is 15.4 Å². The van der Waals surface area contributed by atoms with Crippen LogP contribution in [-0.4, -0.2) is 22.2 Å². The van der Waals surface area contributed by atoms with Gasteiger partial charge in [-0.15, -0.1) is 0 Å². The first-order chi connectivity index (χ1) is 16.4. The molecular weight excluding hydrogens is 473 g/mol. The molecule has 4 aromatic rings. The number of carbonyl (C=O) groups is 1. The van der Waals surface area contributed by atoms with Crippen LogP contribution >= 0.6 is 23.2 Å². The zero-order valence-corrected chi connectivity index (χ0v) is 19.6. The van der Waals surface area contributed by atoms with Crippen LogP contribution in [0.2, 0.25) is 10.0 Å². The highest BCUT2D eigenvalue weighted by Crippen LogP contribution is 2.40. The van der Waals surface area contributed by atoms with Gasteiger partial charge >= 0.3 is 0 Å². The molecule has 0 spiro atoms. The smallest absolute Gasteiger partial charge is 0.227 e. The number of para-hydroxylation sites is 1. The van der Waals surface area contributed by atoms with Crippen LogP contribution in [-0.2, 0) is 11.8 Å². The van der Waals surface area contributed by atoms with Crippen molar-refractivity contribution in [3.63, 3.8) is 0 Å². The van der Waals surface area contributed by atoms with Gasteiger partial charge in [0.1, 0.15) is 11.8 Å². The second-order valence-corrected chi connectivity index (χ2v) is 8.95. The van der Waals surface area contributed by atoms with Crippen LogP contribution in [0, 0.1) is 11.3 Å². The summed E-state index contributed by atoms with van der Waals surface area (Å²) in [6, 6.07) is 18.2. The van der Waals surface area contributed by atoms with Gasteiger partial charge in [-0.2, -0.15) is 10.4 Å². The Morgan fingerprint density at radius 1 is 1.15 bits per heavy atom. The van der Waals surface area contributed by atoms with Crippen LogP contribution in [0.15, 0.2) is 54.6 Å². The summed E-state index contributed by atoms with van der Waals surface area (Å²) in [7, 11) is 1.83. The molecule has 1 atom stereocenters. The number of aryl methyl sites for hydroxylation is 1. The quantitative estimate of drug-likeness (QED) is 0.397. The van der Waals surface area contributed by atoms with Gasteiger partial charge in [0.15, 0.2) is 11.6 Å². The van der Waals surface area contributed by atoms with Crippen LogP contribution in [0.5, 0.6) is 11.5 Å². The van der Waals surface area contributed by atoms with E-state index in [9.17, 15) is 10.1 Å². The Balaban J connectivity index is 1.43. The number of fused-ring (bicyclic) bond motifs is 1. The Morgan fingerprint density at radius 3 is 2.76 bits per heavy atom. The molecule has 1 aliphatic heterocycles. The summed E-state index contributed by atoms with van der Waals surface area (Å²) < 4.78 is 7.67. The summed E-state index contributed by atoms with van der Waals surface area (Å²) in [5, 5.41) is 15.1. The molecule has 3 aromatic carbocycles. The van der Waals surface area contributed by atoms with Crippen molar-refractivity contribution in [1.82, 2.24) is 9.78 Å². The lowest BCUT2D eigenvalue weighted by atomic mass is 9.98. The molecule has 1 saturated heterocycles. The molecule has 1 aromatic heterocycles. The summed E-state index contributed by atoms with van der Waals surface area (Å²) >= 11 is 12.6. The lowest BCUT2D eigenvalue weighted by Crippen LogP contribution is -2.24. The lowest BCUT2D eigenvalue weighted by Gasteiger charge is -2.18. The van der Waals surface area contributed by atoms with E-state index in [-0.39, 0.29) is 17.6 Å². The number of anilines is 2. The molecule has 170 valence electrons. The minimum absolute atomic E-state index is 0.0158. The molecule has 9 heteroatoms. The van der Waals surface area contributed by atoms with Gasteiger partial charge in [0.2, 0.25) is 5.91 Å². The second kappa shape index (κ2) is 8.56. The number of benzene rings is 3. The molecule has 7 nitrogen and oxygen atoms in total. The van der Waals surface area contributed by atoms with E-state index in [1.54, 1.807) is 39.9 Å². The van der Waals surface area contributed by atoms with Crippen molar-refractivity contribution in [2.75, 3.05) is 17.2 Å². The van der Waals surface area contributed by atoms with Crippen molar-refractivity contribution in [3.8, 4) is 17.6 Å². The number of aromatic nitrogens is 2. The Hall–Kier alpha value is -3.73. The molecule has 5 rings (SSSR count). The van der Waals surface area contributed by atoms with E-state index in [1.807, 2.05) is 31.3 Å². The maximum absolute atomic E-state index is 12.9. The minimum atomic E-state index is -0.0595. The van der Waals surface area contributed by atoms with Crippen molar-refractivity contribution in [2.45, 2.75) is 12.3 Å². The Morgan fingerprint density at radius 2 is 1.97 bits per heavy atom. The fourth-order valence-corrected chi connectivity index (χ4v) is 4.66. The third kappa shape index (κ3) is 3.81. The number of halogens is 2. The number of nitriles is 1. The summed E-state index contributed by atoms with van der Waals surface area (Å²) in [6.07, 6.45) is 0.344. The Bertz CT molecular complexity index is 1490. The first-order valence-corrected chi connectivity index (χ1v) is 11.3. The highest BCUT2D eigenvalue weighted by molar-refractivity contribution is 6.33. The summed E-state index contributed by atoms with van der Waals surface area (Å²) in [4.78, 5) is 14.7. The molecule has 0 unspecified atom stereocenters. The van der Waals surface area contributed by atoms with E-state index in [0.29, 0.717) is 40.1 Å². The van der Waals surface area contributed by atoms with Gasteiger partial charge in [-0.25, -0.2) is 0 Å². The fraction of sp³-hybridized carbons (Fsp3) is 0.160. The molecule has 1 aliphatic rings. The van der Waals surface area contributed by atoms with Gasteiger partial charge in [-0.05, 0) is 48.0 Å². The number of hydrogen-bond acceptors (Lipinski definition) is 5. The molecule has 0 saturated carbocycles. The average molecular weight is 492 g/mol. The SMILES string of the molecule is Cn1nc(N)c2cc(N3C[C@@H](c4ccc(Cl)c(Oc5c(Cl)cccc5C#N)c4)CC3=O)ccc21. The number of ether oxygens (including phenoxy) is 1. The third-order valence-electron chi connectivity index (χ3n) is 6.03. The molecule has 2 N–H and O–H groups in total. The normalized spacial score (nSPS) is 15.6. The summed E-state index contributed by atoms with van der Waals surface area (Å²) in [5.41, 5.74) is 8.92. The van der Waals surface area contributed by atoms with Crippen molar-refractivity contribution in [1.29, 1.82) is 5.26 Å². The zero-order valence-electron chi connectivity index (χ0n) is 18.1. The van der Waals surface area contributed by atoms with Gasteiger partial charge in [0.05, 0.1) is 21.1 Å². The lowest BCUT2D eigenvalue weighted by molar-refractivity contribution is -0.117. The molecule has 2 heterocycles. The molecule has 0 aliphatic carbocycles. The van der Waals surface area contributed by atoms with Crippen LogP contribution in [0.25, 0.3) is 10.9 Å². The van der Waals surface area contributed by atoms with E-state index in [2.05, 4.69) is 11.2 Å². The standard InChI is InChI=1S/C25H19Cl2N5O2/c1-31-21-8-6-17(11-18(21)25(29)30-31)32-13-16(10-23(32)33)14-5-7-19(26)22(9-14)34-24-15(12-28)3-2-4-20(24)27/h2-9,11,16H,10,13H2,1H3,(H2,29,30)/t16-/m0/s1. The number of hydrogen-bond donors (Lipinski definition) is 1. The molecular formula is C25H19Cl2N5O2. The number of nitrogen functional groups attached to an aromatic ring is 1. The first-order valence-electron chi connectivity index (χ1n) is 10.5. The van der Waals surface area contributed by atoms with E-state index in [4.69, 9.17) is 33.7 Å². The topological polar surface area (TPSA) is 97.2 Å². The second-order valence-electron chi connectivity index (χ2n) is 8.14. The van der Waals surface area contributed by atoms with E-state index in [0.717, 1.165) is 22.2 Å². The largest absolute Gasteiger partial charge is 0.453 e. The van der Waals surface area contributed by atoms with Gasteiger partial charge in [-0.3, -0.25) is 9.48 Å². The molecule has 1 fully saturated rings. The van der Waals surface area contributed by atoms with Gasteiger partial charge in [0.25, 0.3) is 0 Å². The van der Waals surface area contributed by atoms with Crippen molar-refractivity contribution >= 4 is 51.5 Å². The molecule has 0 radical (unpaired) electrons. The van der Waals surface area contributed by atoms with Crippen molar-refractivity contribution in [2.24, 2.45) is 7.05 Å². The number of carbonyl (C=O) groups excluding carboxylic acids is 1. The Labute approximate surface area is 205 Å². The number of amides is 1. The minimum Gasteiger partial charge on any atom is -0.453 e. The maximum atomic E-state index is 12.9. The van der Waals surface area contributed by atoms with Crippen LogP contribution in [0.1, 0.15) is 23.5 Å². The predicted molar refractivity (Wildman–Crippen MR) is 133 cm³/mol. The van der Waals surface area contributed by atoms with Gasteiger partial charge in [-0.1, -0.05) is 35.3 Å². The number of nitrogens with two attached hydrogens (primary N) is 1. The van der Waals surface area contributed by atoms with Crippen LogP contribution in [0.4, 0.5) is 11.5 Å². The summed E-state index contributed by atoms with van der Waals surface area (Å²) in [6.45, 7) is 0.501. The summed E-state index contributed by atoms with van der Waals surface area (Å²) in [5.74, 6) is 1.01. The van der Waals surface area contributed by atoms with E-state index in [1.165, 1.54) is 0 Å². The highest BCUT2D eigenvalue weighted by Gasteiger charge is 2.32. The van der Waals surface area contributed by atoms with Crippen LogP contribution in [0.3, 0.4) is 0 Å². The van der Waals surface area contributed by atoms with Crippen molar-refractivity contribution < 1.29 is 9.53 Å². The number of nitrogens with zero attached hydrogens (tertiary/aromatic N) is 4. The highest BCUT2D eigenvalue weighted by atomic mass is 35.5. The molecule has 1 amide bonds. The fourth-order valence-electron chi connectivity index (χ4n) is 4.29. The molecule has 0 bridgehead atoms. The van der Waals surface area contributed by atoms with Crippen molar-refractivity contribution in [3.05, 3.63) is 75.8 Å². The maximum Gasteiger partial charge on any atom is 0.227 e. The monoisotopic (exact) mass is 491 g/mol. The first kappa shape index (κ1) is 22.1. The average Bonchev–Trinajstić information content (AvgIpc) is 3.35. The van der Waals surface area contributed by atoms with Gasteiger partial charge in [0, 0.05) is 37.0 Å². The Kier molecular flexibility index (Phi) is 5.56. The zero-order chi connectivity index (χ0) is 24.0. The van der Waals surface area contributed by atoms with E-state index >= 15 is 0 Å². The number of rotatable bonds is 4. The van der Waals surface area contributed by atoms with E-state index < -0.39 is 0 Å². The third-order valence-corrected chi connectivity index (χ3v) is 6.64. The van der Waals surface area contributed by atoms with Crippen LogP contribution < -0.4 is 15.4 Å².